The fourth-order valence-electron chi connectivity index (χ4n) is 2.62. The number of hydrogen-bond acceptors (Lipinski definition) is 6. The predicted molar refractivity (Wildman–Crippen MR) is 75.9 cm³/mol. The number of aromatic nitrogens is 2. The highest BCUT2D eigenvalue weighted by Crippen LogP contribution is 2.30. The van der Waals surface area contributed by atoms with Gasteiger partial charge >= 0.3 is 0 Å². The van der Waals surface area contributed by atoms with Gasteiger partial charge in [-0.1, -0.05) is 5.16 Å². The minimum atomic E-state index is 0.0790. The van der Waals surface area contributed by atoms with Crippen LogP contribution in [-0.2, 0) is 0 Å². The summed E-state index contributed by atoms with van der Waals surface area (Å²) in [6.45, 7) is 5.08. The van der Waals surface area contributed by atoms with Crippen molar-refractivity contribution in [3.8, 4) is 0 Å². The van der Waals surface area contributed by atoms with E-state index in [0.717, 1.165) is 32.1 Å². The van der Waals surface area contributed by atoms with Crippen LogP contribution < -0.4 is 10.6 Å². The quantitative estimate of drug-likeness (QED) is 0.351. The molecule has 2 aliphatic rings. The van der Waals surface area contributed by atoms with E-state index in [1.54, 1.807) is 12.3 Å². The van der Waals surface area contributed by atoms with E-state index in [1.807, 2.05) is 0 Å². The topological polar surface area (TPSA) is 90.9 Å². The van der Waals surface area contributed by atoms with Crippen LogP contribution in [0, 0.1) is 5.92 Å². The summed E-state index contributed by atoms with van der Waals surface area (Å²) in [4.78, 5) is 4.66. The number of oxime groups is 1. The van der Waals surface area contributed by atoms with Gasteiger partial charge < -0.3 is 15.8 Å². The third-order valence-corrected chi connectivity index (χ3v) is 3.97. The number of piperazine rings is 1. The van der Waals surface area contributed by atoms with E-state index in [9.17, 15) is 0 Å². The fraction of sp³-hybridized carbons (Fsp3) is 0.615. The number of amidine groups is 1. The zero-order valence-corrected chi connectivity index (χ0v) is 11.4. The lowest BCUT2D eigenvalue weighted by molar-refractivity contribution is 0.247. The highest BCUT2D eigenvalue weighted by molar-refractivity contribution is 6.01. The molecule has 0 unspecified atom stereocenters. The largest absolute Gasteiger partial charge is 0.409 e. The summed E-state index contributed by atoms with van der Waals surface area (Å²) in [5.41, 5.74) is 6.34. The molecule has 3 rings (SSSR count). The number of hydrogen-bond donors (Lipinski definition) is 2. The first-order valence-corrected chi connectivity index (χ1v) is 7.05. The maximum atomic E-state index is 8.85. The molecule has 7 heteroatoms. The molecule has 1 saturated carbocycles. The molecule has 0 radical (unpaired) electrons. The van der Waals surface area contributed by atoms with Crippen molar-refractivity contribution in [2.75, 3.05) is 37.6 Å². The normalized spacial score (nSPS) is 21.2. The Morgan fingerprint density at radius 1 is 1.35 bits per heavy atom. The minimum Gasteiger partial charge on any atom is -0.409 e. The van der Waals surface area contributed by atoms with Crippen molar-refractivity contribution in [2.24, 2.45) is 16.8 Å². The third-order valence-electron chi connectivity index (χ3n) is 3.97. The van der Waals surface area contributed by atoms with Crippen LogP contribution in [0.25, 0.3) is 0 Å². The summed E-state index contributed by atoms with van der Waals surface area (Å²) in [7, 11) is 0. The van der Waals surface area contributed by atoms with Crippen molar-refractivity contribution in [1.82, 2.24) is 15.1 Å². The van der Waals surface area contributed by atoms with Gasteiger partial charge in [-0.2, -0.15) is 5.10 Å². The highest BCUT2D eigenvalue weighted by Gasteiger charge is 2.27. The van der Waals surface area contributed by atoms with Crippen LogP contribution in [0.5, 0.6) is 0 Å². The monoisotopic (exact) mass is 276 g/mol. The number of anilines is 1. The Labute approximate surface area is 118 Å². The molecule has 1 aromatic rings. The van der Waals surface area contributed by atoms with Crippen LogP contribution >= 0.6 is 0 Å². The lowest BCUT2D eigenvalue weighted by atomic mass is 10.2. The number of nitrogens with zero attached hydrogens (tertiary/aromatic N) is 5. The standard InChI is InChI=1S/C13H20N6O/c14-12(17-20)11-3-4-15-16-13(11)19-7-5-18(6-8-19)9-10-1-2-10/h3-4,10,20H,1-2,5-9H2,(H2,14,17). The summed E-state index contributed by atoms with van der Waals surface area (Å²) in [6, 6.07) is 1.73. The van der Waals surface area contributed by atoms with Gasteiger partial charge in [0.25, 0.3) is 0 Å². The number of nitrogens with two attached hydrogens (primary N) is 1. The van der Waals surface area contributed by atoms with E-state index in [0.29, 0.717) is 11.4 Å². The highest BCUT2D eigenvalue weighted by atomic mass is 16.4. The summed E-state index contributed by atoms with van der Waals surface area (Å²) in [5, 5.41) is 20.0. The molecule has 1 aliphatic heterocycles. The molecule has 1 aromatic heterocycles. The van der Waals surface area contributed by atoms with Crippen LogP contribution in [0.3, 0.4) is 0 Å². The van der Waals surface area contributed by atoms with Gasteiger partial charge in [0, 0.05) is 32.7 Å². The van der Waals surface area contributed by atoms with Gasteiger partial charge in [0.1, 0.15) is 0 Å². The van der Waals surface area contributed by atoms with Crippen LogP contribution in [0.2, 0.25) is 0 Å². The third kappa shape index (κ3) is 2.82. The van der Waals surface area contributed by atoms with Gasteiger partial charge in [-0.05, 0) is 24.8 Å². The lowest BCUT2D eigenvalue weighted by Crippen LogP contribution is -2.47. The molecule has 0 amide bonds. The van der Waals surface area contributed by atoms with Gasteiger partial charge in [-0.15, -0.1) is 5.10 Å². The summed E-state index contributed by atoms with van der Waals surface area (Å²) >= 11 is 0. The molecule has 0 bridgehead atoms. The Bertz CT molecular complexity index is 493. The smallest absolute Gasteiger partial charge is 0.173 e. The molecule has 0 aromatic carbocycles. The second-order valence-electron chi connectivity index (χ2n) is 5.48. The molecular formula is C13H20N6O. The molecule has 0 atom stereocenters. The first-order chi connectivity index (χ1) is 9.78. The first kappa shape index (κ1) is 13.1. The van der Waals surface area contributed by atoms with Crippen LogP contribution in [0.4, 0.5) is 5.82 Å². The van der Waals surface area contributed by atoms with E-state index in [-0.39, 0.29) is 5.84 Å². The Kier molecular flexibility index (Phi) is 3.68. The van der Waals surface area contributed by atoms with E-state index in [1.165, 1.54) is 19.4 Å². The molecule has 0 spiro atoms. The van der Waals surface area contributed by atoms with E-state index in [2.05, 4.69) is 25.2 Å². The Hall–Kier alpha value is -1.89. The Morgan fingerprint density at radius 2 is 2.10 bits per heavy atom. The summed E-state index contributed by atoms with van der Waals surface area (Å²) in [5.74, 6) is 1.70. The minimum absolute atomic E-state index is 0.0790. The van der Waals surface area contributed by atoms with Gasteiger partial charge in [0.15, 0.2) is 11.7 Å². The second kappa shape index (κ2) is 5.62. The maximum absolute atomic E-state index is 8.85. The van der Waals surface area contributed by atoms with Crippen LogP contribution in [-0.4, -0.2) is 58.9 Å². The first-order valence-electron chi connectivity index (χ1n) is 7.05. The van der Waals surface area contributed by atoms with Crippen molar-refractivity contribution in [3.63, 3.8) is 0 Å². The number of rotatable bonds is 4. The fourth-order valence-corrected chi connectivity index (χ4v) is 2.62. The molecule has 2 heterocycles. The van der Waals surface area contributed by atoms with Crippen molar-refractivity contribution in [3.05, 3.63) is 17.8 Å². The van der Waals surface area contributed by atoms with Crippen molar-refractivity contribution >= 4 is 11.7 Å². The van der Waals surface area contributed by atoms with E-state index >= 15 is 0 Å². The van der Waals surface area contributed by atoms with Crippen molar-refractivity contribution in [2.45, 2.75) is 12.8 Å². The molecule has 108 valence electrons. The maximum Gasteiger partial charge on any atom is 0.173 e. The summed E-state index contributed by atoms with van der Waals surface area (Å²) < 4.78 is 0. The Morgan fingerprint density at radius 3 is 2.75 bits per heavy atom. The molecule has 2 fully saturated rings. The molecule has 1 aliphatic carbocycles. The molecule has 7 nitrogen and oxygen atoms in total. The van der Waals surface area contributed by atoms with E-state index < -0.39 is 0 Å². The zero-order valence-electron chi connectivity index (χ0n) is 11.4. The van der Waals surface area contributed by atoms with Gasteiger partial charge in [0.05, 0.1) is 11.8 Å². The lowest BCUT2D eigenvalue weighted by Gasteiger charge is -2.35. The average Bonchev–Trinajstić information content (AvgIpc) is 3.31. The molecule has 1 saturated heterocycles. The van der Waals surface area contributed by atoms with Gasteiger partial charge in [-0.25, -0.2) is 0 Å². The van der Waals surface area contributed by atoms with Crippen LogP contribution in [0.1, 0.15) is 18.4 Å². The van der Waals surface area contributed by atoms with E-state index in [4.69, 9.17) is 10.9 Å². The molecular weight excluding hydrogens is 256 g/mol. The van der Waals surface area contributed by atoms with Crippen molar-refractivity contribution < 1.29 is 5.21 Å². The second-order valence-corrected chi connectivity index (χ2v) is 5.48. The average molecular weight is 276 g/mol. The summed E-state index contributed by atoms with van der Waals surface area (Å²) in [6.07, 6.45) is 4.33. The zero-order chi connectivity index (χ0) is 13.9. The van der Waals surface area contributed by atoms with Crippen molar-refractivity contribution in [1.29, 1.82) is 0 Å². The molecule has 20 heavy (non-hydrogen) atoms. The SMILES string of the molecule is N/C(=N/O)c1ccnnc1N1CCN(CC2CC2)CC1. The predicted octanol–water partition coefficient (Wildman–Crippen LogP) is 0.103. The molecule has 3 N–H and O–H groups in total. The Balaban J connectivity index is 1.68. The van der Waals surface area contributed by atoms with Crippen LogP contribution in [0.15, 0.2) is 17.4 Å². The van der Waals surface area contributed by atoms with Gasteiger partial charge in [0.2, 0.25) is 0 Å². The van der Waals surface area contributed by atoms with Gasteiger partial charge in [-0.3, -0.25) is 4.90 Å².